The van der Waals surface area contributed by atoms with Gasteiger partial charge in [-0.3, -0.25) is 0 Å². The number of hydrogen-bond acceptors (Lipinski definition) is 4. The van der Waals surface area contributed by atoms with Gasteiger partial charge in [0, 0.05) is 11.9 Å². The van der Waals surface area contributed by atoms with E-state index in [0.717, 1.165) is 15.7 Å². The highest BCUT2D eigenvalue weighted by molar-refractivity contribution is 7.15. The highest BCUT2D eigenvalue weighted by Crippen LogP contribution is 2.22. The third-order valence-electron chi connectivity index (χ3n) is 2.01. The van der Waals surface area contributed by atoms with Crippen LogP contribution in [0, 0.1) is 6.92 Å². The highest BCUT2D eigenvalue weighted by atomic mass is 32.1. The number of nitrogens with zero attached hydrogens (tertiary/aromatic N) is 1. The van der Waals surface area contributed by atoms with Crippen molar-refractivity contribution < 1.29 is 5.11 Å². The van der Waals surface area contributed by atoms with Crippen molar-refractivity contribution in [1.82, 2.24) is 4.98 Å². The summed E-state index contributed by atoms with van der Waals surface area (Å²) in [6.07, 6.45) is 1.68. The van der Waals surface area contributed by atoms with Gasteiger partial charge < -0.3 is 10.4 Å². The van der Waals surface area contributed by atoms with Crippen molar-refractivity contribution in [2.45, 2.75) is 13.5 Å². The smallest absolute Gasteiger partial charge is 0.187 e. The quantitative estimate of drug-likeness (QED) is 0.836. The summed E-state index contributed by atoms with van der Waals surface area (Å²) in [5.74, 6) is 0. The summed E-state index contributed by atoms with van der Waals surface area (Å²) in [5.41, 5.74) is 2.25. The van der Waals surface area contributed by atoms with Gasteiger partial charge in [0.25, 0.3) is 0 Å². The van der Waals surface area contributed by atoms with Crippen molar-refractivity contribution in [3.63, 3.8) is 0 Å². The molecule has 2 aromatic rings. The summed E-state index contributed by atoms with van der Waals surface area (Å²) in [7, 11) is 0. The molecule has 0 aliphatic carbocycles. The van der Waals surface area contributed by atoms with Gasteiger partial charge in [0.15, 0.2) is 5.13 Å². The van der Waals surface area contributed by atoms with E-state index in [2.05, 4.69) is 17.2 Å². The molecule has 0 amide bonds. The van der Waals surface area contributed by atoms with Crippen LogP contribution in [0.4, 0.5) is 10.8 Å². The molecule has 0 spiro atoms. The van der Waals surface area contributed by atoms with Crippen LogP contribution in [0.5, 0.6) is 0 Å². The molecular formula is C11H12N2OS. The number of aromatic nitrogens is 1. The molecule has 0 atom stereocenters. The Kier molecular flexibility index (Phi) is 2.99. The first-order valence-corrected chi connectivity index (χ1v) is 5.49. The lowest BCUT2D eigenvalue weighted by Crippen LogP contribution is -1.88. The van der Waals surface area contributed by atoms with E-state index in [1.165, 1.54) is 16.9 Å². The van der Waals surface area contributed by atoms with E-state index in [4.69, 9.17) is 5.11 Å². The van der Waals surface area contributed by atoms with Crippen LogP contribution >= 0.6 is 11.3 Å². The maximum Gasteiger partial charge on any atom is 0.187 e. The molecule has 2 N–H and O–H groups in total. The molecule has 0 bridgehead atoms. The molecule has 3 nitrogen and oxygen atoms in total. The van der Waals surface area contributed by atoms with E-state index in [-0.39, 0.29) is 6.61 Å². The van der Waals surface area contributed by atoms with E-state index in [1.54, 1.807) is 6.20 Å². The Balaban J connectivity index is 2.11. The first kappa shape index (κ1) is 10.1. The second-order valence-corrected chi connectivity index (χ2v) is 4.40. The van der Waals surface area contributed by atoms with Crippen LogP contribution in [0.2, 0.25) is 0 Å². The zero-order valence-corrected chi connectivity index (χ0v) is 9.21. The number of anilines is 2. The Morgan fingerprint density at radius 1 is 1.33 bits per heavy atom. The van der Waals surface area contributed by atoms with Crippen molar-refractivity contribution >= 4 is 22.2 Å². The van der Waals surface area contributed by atoms with Crippen LogP contribution in [0.3, 0.4) is 0 Å². The van der Waals surface area contributed by atoms with Gasteiger partial charge in [-0.25, -0.2) is 4.98 Å². The second-order valence-electron chi connectivity index (χ2n) is 3.28. The molecule has 1 heterocycles. The minimum absolute atomic E-state index is 0.0489. The van der Waals surface area contributed by atoms with Crippen LogP contribution in [-0.4, -0.2) is 10.1 Å². The van der Waals surface area contributed by atoms with Crippen molar-refractivity contribution in [3.05, 3.63) is 40.9 Å². The van der Waals surface area contributed by atoms with Crippen LogP contribution < -0.4 is 5.32 Å². The van der Waals surface area contributed by atoms with Gasteiger partial charge in [0.05, 0.1) is 11.5 Å². The lowest BCUT2D eigenvalue weighted by atomic mass is 10.2. The first-order chi connectivity index (χ1) is 7.28. The van der Waals surface area contributed by atoms with Crippen molar-refractivity contribution in [2.75, 3.05) is 5.32 Å². The van der Waals surface area contributed by atoms with Gasteiger partial charge in [-0.2, -0.15) is 0 Å². The van der Waals surface area contributed by atoms with Crippen molar-refractivity contribution in [1.29, 1.82) is 0 Å². The minimum Gasteiger partial charge on any atom is -0.391 e. The third kappa shape index (κ3) is 2.55. The molecule has 0 unspecified atom stereocenters. The maximum absolute atomic E-state index is 8.90. The number of nitrogens with one attached hydrogen (secondary N) is 1. The normalized spacial score (nSPS) is 10.3. The predicted octanol–water partition coefficient (Wildman–Crippen LogP) is 2.69. The summed E-state index contributed by atoms with van der Waals surface area (Å²) in [6.45, 7) is 2.10. The molecule has 0 fully saturated rings. The molecule has 0 saturated carbocycles. The van der Waals surface area contributed by atoms with Gasteiger partial charge in [-0.15, -0.1) is 0 Å². The lowest BCUT2D eigenvalue weighted by molar-refractivity contribution is 0.285. The molecule has 0 aliphatic heterocycles. The van der Waals surface area contributed by atoms with Gasteiger partial charge >= 0.3 is 0 Å². The minimum atomic E-state index is 0.0489. The molecule has 1 aromatic carbocycles. The first-order valence-electron chi connectivity index (χ1n) is 4.67. The monoisotopic (exact) mass is 220 g/mol. The zero-order chi connectivity index (χ0) is 10.7. The van der Waals surface area contributed by atoms with E-state index < -0.39 is 0 Å². The average Bonchev–Trinajstić information content (AvgIpc) is 2.69. The Labute approximate surface area is 92.4 Å². The Morgan fingerprint density at radius 2 is 2.07 bits per heavy atom. The standard InChI is InChI=1S/C11H12N2OS/c1-8-2-4-9(5-3-8)13-11-12-6-10(7-14)15-11/h2-6,14H,7H2,1H3,(H,12,13). The fourth-order valence-electron chi connectivity index (χ4n) is 1.20. The predicted molar refractivity (Wildman–Crippen MR) is 62.5 cm³/mol. The molecule has 78 valence electrons. The fraction of sp³-hybridized carbons (Fsp3) is 0.182. The van der Waals surface area contributed by atoms with Crippen molar-refractivity contribution in [3.8, 4) is 0 Å². The Morgan fingerprint density at radius 3 is 2.67 bits per heavy atom. The third-order valence-corrected chi connectivity index (χ3v) is 2.91. The largest absolute Gasteiger partial charge is 0.391 e. The molecule has 0 radical (unpaired) electrons. The number of aryl methyl sites for hydroxylation is 1. The van der Waals surface area contributed by atoms with E-state index in [9.17, 15) is 0 Å². The van der Waals surface area contributed by atoms with Gasteiger partial charge in [-0.1, -0.05) is 29.0 Å². The average molecular weight is 220 g/mol. The van der Waals surface area contributed by atoms with Crippen LogP contribution in [0.25, 0.3) is 0 Å². The number of benzene rings is 1. The Hall–Kier alpha value is -1.39. The molecule has 15 heavy (non-hydrogen) atoms. The Bertz CT molecular complexity index is 436. The number of thiazole rings is 1. The number of rotatable bonds is 3. The summed E-state index contributed by atoms with van der Waals surface area (Å²) < 4.78 is 0. The fourth-order valence-corrected chi connectivity index (χ4v) is 1.89. The lowest BCUT2D eigenvalue weighted by Gasteiger charge is -2.01. The molecule has 2 rings (SSSR count). The molecule has 1 aromatic heterocycles. The van der Waals surface area contributed by atoms with Gasteiger partial charge in [0.2, 0.25) is 0 Å². The highest BCUT2D eigenvalue weighted by Gasteiger charge is 2.00. The summed E-state index contributed by atoms with van der Waals surface area (Å²) in [5, 5.41) is 12.9. The van der Waals surface area contributed by atoms with Crippen LogP contribution in [-0.2, 0) is 6.61 Å². The van der Waals surface area contributed by atoms with E-state index in [1.807, 2.05) is 24.3 Å². The molecule has 4 heteroatoms. The van der Waals surface area contributed by atoms with E-state index in [0.29, 0.717) is 0 Å². The number of aliphatic hydroxyl groups excluding tert-OH is 1. The maximum atomic E-state index is 8.90. The zero-order valence-electron chi connectivity index (χ0n) is 8.40. The SMILES string of the molecule is Cc1ccc(Nc2ncc(CO)s2)cc1. The number of hydrogen-bond donors (Lipinski definition) is 2. The summed E-state index contributed by atoms with van der Waals surface area (Å²) in [4.78, 5) is 5.02. The van der Waals surface area contributed by atoms with Gasteiger partial charge in [-0.05, 0) is 19.1 Å². The summed E-state index contributed by atoms with van der Waals surface area (Å²) in [6, 6.07) is 8.11. The molecule has 0 saturated heterocycles. The second kappa shape index (κ2) is 4.42. The topological polar surface area (TPSA) is 45.2 Å². The van der Waals surface area contributed by atoms with E-state index >= 15 is 0 Å². The number of aliphatic hydroxyl groups is 1. The summed E-state index contributed by atoms with van der Waals surface area (Å²) >= 11 is 1.46. The van der Waals surface area contributed by atoms with Crippen LogP contribution in [0.15, 0.2) is 30.5 Å². The molecule has 0 aliphatic rings. The van der Waals surface area contributed by atoms with Gasteiger partial charge in [0.1, 0.15) is 0 Å². The van der Waals surface area contributed by atoms with Crippen molar-refractivity contribution in [2.24, 2.45) is 0 Å². The van der Waals surface area contributed by atoms with Crippen LogP contribution in [0.1, 0.15) is 10.4 Å². The molecular weight excluding hydrogens is 208 g/mol.